The molecule has 10 heteroatoms. The van der Waals surface area contributed by atoms with Gasteiger partial charge in [0.05, 0.1) is 23.5 Å². The number of imide groups is 1. The fraction of sp³-hybridized carbons (Fsp3) is 0.100. The molecule has 0 saturated carbocycles. The molecule has 2 aromatic carbocycles. The minimum atomic E-state index is -0.447. The SMILES string of the molecule is C#CCN1C(=O)S/C(=C/c2cc(I)c(OCc3cccc([N+](=O)[O-])c3)c(I)c2)C1=O. The lowest BCUT2D eigenvalue weighted by Crippen LogP contribution is -2.28. The number of carbonyl (C=O) groups excluding carboxylic acids is 2. The Morgan fingerprint density at radius 3 is 2.57 bits per heavy atom. The van der Waals surface area contributed by atoms with E-state index in [1.807, 2.05) is 12.1 Å². The molecule has 1 saturated heterocycles. The van der Waals surface area contributed by atoms with Crippen molar-refractivity contribution in [3.8, 4) is 18.1 Å². The number of non-ortho nitro benzene ring substituents is 1. The molecule has 0 atom stereocenters. The van der Waals surface area contributed by atoms with Gasteiger partial charge in [-0.1, -0.05) is 18.1 Å². The number of nitro groups is 1. The van der Waals surface area contributed by atoms with Gasteiger partial charge in [0, 0.05) is 12.1 Å². The molecular formula is C20H12I2N2O5S. The van der Waals surface area contributed by atoms with E-state index in [1.54, 1.807) is 18.2 Å². The topological polar surface area (TPSA) is 89.8 Å². The summed E-state index contributed by atoms with van der Waals surface area (Å²) in [7, 11) is 0. The van der Waals surface area contributed by atoms with Crippen LogP contribution in [0.5, 0.6) is 5.75 Å². The van der Waals surface area contributed by atoms with Crippen LogP contribution in [0.1, 0.15) is 11.1 Å². The van der Waals surface area contributed by atoms with E-state index >= 15 is 0 Å². The lowest BCUT2D eigenvalue weighted by atomic mass is 10.2. The number of thioether (sulfide) groups is 1. The van der Waals surface area contributed by atoms with Gasteiger partial charge in [-0.2, -0.15) is 0 Å². The van der Waals surface area contributed by atoms with Gasteiger partial charge in [-0.3, -0.25) is 24.6 Å². The average Bonchev–Trinajstić information content (AvgIpc) is 2.95. The minimum absolute atomic E-state index is 0.00891. The van der Waals surface area contributed by atoms with Crippen molar-refractivity contribution in [2.24, 2.45) is 0 Å². The summed E-state index contributed by atoms with van der Waals surface area (Å²) in [6.07, 6.45) is 6.86. The zero-order valence-electron chi connectivity index (χ0n) is 15.1. The number of nitrogens with zero attached hydrogens (tertiary/aromatic N) is 2. The van der Waals surface area contributed by atoms with Gasteiger partial charge in [-0.05, 0) is 86.3 Å². The number of rotatable bonds is 6. The lowest BCUT2D eigenvalue weighted by Gasteiger charge is -2.12. The molecule has 2 amide bonds. The standard InChI is InChI=1S/C20H12I2N2O5S/c1-2-6-23-19(25)17(30-20(23)26)10-13-8-15(21)18(16(22)9-13)29-11-12-4-3-5-14(7-12)24(27)28/h1,3-5,7-10H,6,11H2/b17-10+. The smallest absolute Gasteiger partial charge is 0.294 e. The summed E-state index contributed by atoms with van der Waals surface area (Å²) in [5.74, 6) is 2.54. The number of terminal acetylenes is 1. The van der Waals surface area contributed by atoms with Crippen LogP contribution in [-0.2, 0) is 11.4 Å². The molecule has 1 fully saturated rings. The van der Waals surface area contributed by atoms with Crippen LogP contribution in [0, 0.1) is 29.6 Å². The first-order valence-corrected chi connectivity index (χ1v) is 11.3. The fourth-order valence-electron chi connectivity index (χ4n) is 2.59. The summed E-state index contributed by atoms with van der Waals surface area (Å²) in [4.78, 5) is 36.0. The number of ether oxygens (including phenoxy) is 1. The first-order valence-electron chi connectivity index (χ1n) is 8.34. The predicted molar refractivity (Wildman–Crippen MR) is 131 cm³/mol. The third-order valence-electron chi connectivity index (χ3n) is 3.95. The summed E-state index contributed by atoms with van der Waals surface area (Å²) in [6.45, 7) is 0.125. The number of hydrogen-bond acceptors (Lipinski definition) is 6. The summed E-state index contributed by atoms with van der Waals surface area (Å²) in [6, 6.07) is 9.94. The van der Waals surface area contributed by atoms with E-state index in [0.29, 0.717) is 16.2 Å². The zero-order chi connectivity index (χ0) is 21.8. The summed E-state index contributed by atoms with van der Waals surface area (Å²) < 4.78 is 7.49. The Labute approximate surface area is 203 Å². The first-order chi connectivity index (χ1) is 14.3. The van der Waals surface area contributed by atoms with E-state index in [0.717, 1.165) is 29.4 Å². The second kappa shape index (κ2) is 9.80. The van der Waals surface area contributed by atoms with Crippen molar-refractivity contribution in [1.29, 1.82) is 0 Å². The van der Waals surface area contributed by atoms with Crippen molar-refractivity contribution < 1.29 is 19.2 Å². The van der Waals surface area contributed by atoms with Crippen molar-refractivity contribution in [2.75, 3.05) is 6.54 Å². The van der Waals surface area contributed by atoms with Crippen molar-refractivity contribution in [2.45, 2.75) is 6.61 Å². The van der Waals surface area contributed by atoms with Crippen molar-refractivity contribution in [3.05, 3.63) is 69.7 Å². The van der Waals surface area contributed by atoms with Crippen LogP contribution < -0.4 is 4.74 Å². The maximum Gasteiger partial charge on any atom is 0.294 e. The number of benzene rings is 2. The Morgan fingerprint density at radius 1 is 1.23 bits per heavy atom. The van der Waals surface area contributed by atoms with Crippen LogP contribution in [0.4, 0.5) is 10.5 Å². The van der Waals surface area contributed by atoms with E-state index in [9.17, 15) is 19.7 Å². The van der Waals surface area contributed by atoms with Gasteiger partial charge in [0.15, 0.2) is 0 Å². The van der Waals surface area contributed by atoms with Gasteiger partial charge >= 0.3 is 0 Å². The molecule has 0 N–H and O–H groups in total. The van der Waals surface area contributed by atoms with E-state index in [1.165, 1.54) is 12.1 Å². The Balaban J connectivity index is 1.79. The summed E-state index contributed by atoms with van der Waals surface area (Å²) in [5.41, 5.74) is 1.44. The molecule has 2 aromatic rings. The van der Waals surface area contributed by atoms with Gasteiger partial charge in [0.1, 0.15) is 12.4 Å². The summed E-state index contributed by atoms with van der Waals surface area (Å²) >= 11 is 5.10. The predicted octanol–water partition coefficient (Wildman–Crippen LogP) is 5.05. The number of carbonyl (C=O) groups is 2. The third kappa shape index (κ3) is 5.13. The van der Waals surface area contributed by atoms with Crippen molar-refractivity contribution in [3.63, 3.8) is 0 Å². The van der Waals surface area contributed by atoms with Crippen LogP contribution in [0.25, 0.3) is 6.08 Å². The fourth-order valence-corrected chi connectivity index (χ4v) is 5.56. The quantitative estimate of drug-likeness (QED) is 0.144. The number of amides is 2. The minimum Gasteiger partial charge on any atom is -0.487 e. The van der Waals surface area contributed by atoms with Gasteiger partial charge in [-0.15, -0.1) is 6.42 Å². The van der Waals surface area contributed by atoms with Crippen LogP contribution in [-0.4, -0.2) is 27.5 Å². The van der Waals surface area contributed by atoms with Gasteiger partial charge in [0.25, 0.3) is 16.8 Å². The Hall–Kier alpha value is -2.11. The Bertz CT molecular complexity index is 1100. The molecule has 0 unspecified atom stereocenters. The molecule has 0 aliphatic carbocycles. The number of hydrogen-bond donors (Lipinski definition) is 0. The molecule has 7 nitrogen and oxygen atoms in total. The normalized spacial score (nSPS) is 14.8. The highest BCUT2D eigenvalue weighted by Crippen LogP contribution is 2.35. The number of nitro benzene ring substituents is 1. The second-order valence-electron chi connectivity index (χ2n) is 6.00. The molecule has 0 aromatic heterocycles. The average molecular weight is 646 g/mol. The molecule has 0 spiro atoms. The molecule has 30 heavy (non-hydrogen) atoms. The molecule has 1 heterocycles. The van der Waals surface area contributed by atoms with E-state index in [2.05, 4.69) is 51.1 Å². The van der Waals surface area contributed by atoms with Crippen LogP contribution in [0.3, 0.4) is 0 Å². The highest BCUT2D eigenvalue weighted by Gasteiger charge is 2.34. The van der Waals surface area contributed by atoms with Crippen LogP contribution in [0.2, 0.25) is 0 Å². The van der Waals surface area contributed by atoms with Crippen LogP contribution >= 0.6 is 56.9 Å². The van der Waals surface area contributed by atoms with Crippen molar-refractivity contribution in [1.82, 2.24) is 4.90 Å². The molecule has 0 bridgehead atoms. The largest absolute Gasteiger partial charge is 0.487 e. The van der Waals surface area contributed by atoms with Gasteiger partial charge in [0.2, 0.25) is 0 Å². The highest BCUT2D eigenvalue weighted by atomic mass is 127. The molecule has 3 rings (SSSR count). The van der Waals surface area contributed by atoms with E-state index in [4.69, 9.17) is 11.2 Å². The molecule has 1 aliphatic rings. The lowest BCUT2D eigenvalue weighted by molar-refractivity contribution is -0.384. The molecule has 0 radical (unpaired) electrons. The van der Waals surface area contributed by atoms with Crippen LogP contribution in [0.15, 0.2) is 41.3 Å². The van der Waals surface area contributed by atoms with Gasteiger partial charge in [-0.25, -0.2) is 0 Å². The Kier molecular flexibility index (Phi) is 7.37. The zero-order valence-corrected chi connectivity index (χ0v) is 20.3. The third-order valence-corrected chi connectivity index (χ3v) is 6.46. The van der Waals surface area contributed by atoms with E-state index < -0.39 is 10.8 Å². The van der Waals surface area contributed by atoms with E-state index in [-0.39, 0.29) is 24.1 Å². The maximum absolute atomic E-state index is 12.3. The monoisotopic (exact) mass is 646 g/mol. The highest BCUT2D eigenvalue weighted by molar-refractivity contribution is 14.1. The maximum atomic E-state index is 12.3. The first kappa shape index (κ1) is 22.6. The van der Waals surface area contributed by atoms with Crippen molar-refractivity contribution >= 4 is 79.9 Å². The van der Waals surface area contributed by atoms with Gasteiger partial charge < -0.3 is 4.74 Å². The second-order valence-corrected chi connectivity index (χ2v) is 9.32. The molecule has 152 valence electrons. The Morgan fingerprint density at radius 2 is 1.93 bits per heavy atom. The molecular weight excluding hydrogens is 634 g/mol. The summed E-state index contributed by atoms with van der Waals surface area (Å²) in [5, 5.41) is 10.5. The molecule has 1 aliphatic heterocycles. The number of halogens is 2.